The number of carbonyl (C=O) groups is 2. The Morgan fingerprint density at radius 3 is 2.34 bits per heavy atom. The fourth-order valence-electron chi connectivity index (χ4n) is 3.00. The van der Waals surface area contributed by atoms with Gasteiger partial charge in [-0.3, -0.25) is 10.1 Å². The first-order valence-corrected chi connectivity index (χ1v) is 10.1. The van der Waals surface area contributed by atoms with Gasteiger partial charge in [0.15, 0.2) is 5.69 Å². The summed E-state index contributed by atoms with van der Waals surface area (Å²) in [6, 6.07) is 11.5. The minimum absolute atomic E-state index is 0.0380. The molecule has 0 aliphatic heterocycles. The summed E-state index contributed by atoms with van der Waals surface area (Å²) in [7, 11) is 0. The Morgan fingerprint density at radius 1 is 1.03 bits per heavy atom. The van der Waals surface area contributed by atoms with E-state index in [9.17, 15) is 9.59 Å². The van der Waals surface area contributed by atoms with E-state index in [2.05, 4.69) is 20.6 Å². The molecular weight excluding hydrogens is 481 g/mol. The number of anilines is 1. The van der Waals surface area contributed by atoms with Gasteiger partial charge in [-0.15, -0.1) is 0 Å². The summed E-state index contributed by atoms with van der Waals surface area (Å²) in [6.45, 7) is 1.71. The fourth-order valence-corrected chi connectivity index (χ4v) is 3.62. The largest absolute Gasteiger partial charge is 0.474 e. The number of benzene rings is 2. The number of carboxylic acids is 1. The van der Waals surface area contributed by atoms with E-state index in [4.69, 9.17) is 44.3 Å². The molecule has 0 atom stereocenters. The molecule has 162 valence electrons. The van der Waals surface area contributed by atoms with Crippen LogP contribution in [0, 0.1) is 6.92 Å². The number of carboxylic acid groups (broad SMARTS) is 1. The van der Waals surface area contributed by atoms with Crippen molar-refractivity contribution in [3.8, 4) is 16.9 Å². The minimum atomic E-state index is -1.42. The quantitative estimate of drug-likeness (QED) is 0.395. The number of amides is 1. The van der Waals surface area contributed by atoms with E-state index in [-0.39, 0.29) is 11.7 Å². The first kappa shape index (κ1) is 21.8. The standard InChI is InChI=1S/C20H12Cl3N5O4/c1-9-15(17(29)24-20-26-25-18(32-20)19(30)31)27-28(14-7-6-12(22)8-13(14)23)16(9)10-2-4-11(21)5-3-10/h2-8H,1H3,(H,30,31)(H,24,26,29). The number of halogens is 3. The van der Waals surface area contributed by atoms with Crippen molar-refractivity contribution in [1.29, 1.82) is 0 Å². The minimum Gasteiger partial charge on any atom is -0.474 e. The van der Waals surface area contributed by atoms with E-state index >= 15 is 0 Å². The zero-order chi connectivity index (χ0) is 23.0. The number of aromatic nitrogens is 4. The molecule has 0 aliphatic rings. The van der Waals surface area contributed by atoms with E-state index < -0.39 is 17.8 Å². The summed E-state index contributed by atoms with van der Waals surface area (Å²) in [4.78, 5) is 23.8. The molecule has 0 spiro atoms. The molecule has 4 aromatic rings. The first-order chi connectivity index (χ1) is 15.2. The number of rotatable bonds is 5. The van der Waals surface area contributed by atoms with Crippen LogP contribution < -0.4 is 5.32 Å². The van der Waals surface area contributed by atoms with Crippen molar-refractivity contribution in [2.24, 2.45) is 0 Å². The molecule has 2 N–H and O–H groups in total. The highest BCUT2D eigenvalue weighted by molar-refractivity contribution is 6.35. The highest BCUT2D eigenvalue weighted by Crippen LogP contribution is 2.33. The van der Waals surface area contributed by atoms with Crippen LogP contribution in [0.1, 0.15) is 26.7 Å². The average molecular weight is 493 g/mol. The second-order valence-electron chi connectivity index (χ2n) is 6.51. The van der Waals surface area contributed by atoms with Crippen LogP contribution >= 0.6 is 34.8 Å². The maximum absolute atomic E-state index is 12.9. The number of carbonyl (C=O) groups excluding carboxylic acids is 1. The highest BCUT2D eigenvalue weighted by Gasteiger charge is 2.25. The highest BCUT2D eigenvalue weighted by atomic mass is 35.5. The normalized spacial score (nSPS) is 10.9. The Bertz CT molecular complexity index is 1350. The summed E-state index contributed by atoms with van der Waals surface area (Å²) >= 11 is 18.4. The van der Waals surface area contributed by atoms with E-state index in [1.807, 2.05) is 0 Å². The van der Waals surface area contributed by atoms with Crippen LogP contribution in [0.15, 0.2) is 46.9 Å². The van der Waals surface area contributed by atoms with Gasteiger partial charge in [0.05, 0.1) is 16.4 Å². The van der Waals surface area contributed by atoms with Crippen LogP contribution in [0.4, 0.5) is 6.01 Å². The first-order valence-electron chi connectivity index (χ1n) is 8.93. The lowest BCUT2D eigenvalue weighted by Crippen LogP contribution is -2.14. The molecule has 0 unspecified atom stereocenters. The Hall–Kier alpha value is -3.40. The predicted molar refractivity (Wildman–Crippen MR) is 118 cm³/mol. The van der Waals surface area contributed by atoms with Crippen molar-refractivity contribution in [3.05, 3.63) is 74.7 Å². The molecular formula is C20H12Cl3N5O4. The third kappa shape index (κ3) is 4.18. The van der Waals surface area contributed by atoms with Gasteiger partial charge in [0, 0.05) is 21.2 Å². The molecule has 2 heterocycles. The lowest BCUT2D eigenvalue weighted by molar-refractivity contribution is 0.0653. The summed E-state index contributed by atoms with van der Waals surface area (Å²) in [6.07, 6.45) is 0. The van der Waals surface area contributed by atoms with Crippen LogP contribution in [0.3, 0.4) is 0 Å². The van der Waals surface area contributed by atoms with Crippen LogP contribution in [0.5, 0.6) is 0 Å². The van der Waals surface area contributed by atoms with Gasteiger partial charge < -0.3 is 9.52 Å². The van der Waals surface area contributed by atoms with Crippen molar-refractivity contribution in [2.45, 2.75) is 6.92 Å². The molecule has 9 nitrogen and oxygen atoms in total. The Labute approximate surface area is 195 Å². The van der Waals surface area contributed by atoms with Gasteiger partial charge in [-0.1, -0.05) is 57.1 Å². The molecule has 0 saturated heterocycles. The summed E-state index contributed by atoms with van der Waals surface area (Å²) < 4.78 is 6.41. The molecule has 0 saturated carbocycles. The number of nitrogens with zero attached hydrogens (tertiary/aromatic N) is 4. The molecule has 4 rings (SSSR count). The number of hydrogen-bond acceptors (Lipinski definition) is 6. The van der Waals surface area contributed by atoms with Gasteiger partial charge >= 0.3 is 17.9 Å². The molecule has 0 fully saturated rings. The summed E-state index contributed by atoms with van der Waals surface area (Å²) in [5, 5.41) is 23.8. The third-order valence-electron chi connectivity index (χ3n) is 4.42. The Balaban J connectivity index is 1.82. The van der Waals surface area contributed by atoms with Gasteiger partial charge in [-0.05, 0) is 37.3 Å². The van der Waals surface area contributed by atoms with Crippen LogP contribution in [0.2, 0.25) is 15.1 Å². The lowest BCUT2D eigenvalue weighted by Gasteiger charge is -2.11. The van der Waals surface area contributed by atoms with E-state index in [0.29, 0.717) is 32.0 Å². The number of hydrogen-bond donors (Lipinski definition) is 2. The van der Waals surface area contributed by atoms with Gasteiger partial charge in [0.2, 0.25) is 0 Å². The maximum Gasteiger partial charge on any atom is 0.393 e. The summed E-state index contributed by atoms with van der Waals surface area (Å²) in [5.41, 5.74) is 2.38. The zero-order valence-electron chi connectivity index (χ0n) is 16.1. The van der Waals surface area contributed by atoms with Crippen LogP contribution in [-0.4, -0.2) is 37.0 Å². The van der Waals surface area contributed by atoms with E-state index in [1.165, 1.54) is 4.68 Å². The van der Waals surface area contributed by atoms with Crippen molar-refractivity contribution in [3.63, 3.8) is 0 Å². The Kier molecular flexibility index (Phi) is 5.88. The SMILES string of the molecule is Cc1c(C(=O)Nc2nnc(C(=O)O)o2)nn(-c2ccc(Cl)cc2Cl)c1-c1ccc(Cl)cc1. The van der Waals surface area contributed by atoms with Crippen molar-refractivity contribution < 1.29 is 19.1 Å². The lowest BCUT2D eigenvalue weighted by atomic mass is 10.1. The van der Waals surface area contributed by atoms with Crippen molar-refractivity contribution in [2.75, 3.05) is 5.32 Å². The van der Waals surface area contributed by atoms with Gasteiger partial charge in [-0.2, -0.15) is 5.10 Å². The van der Waals surface area contributed by atoms with Crippen LogP contribution in [-0.2, 0) is 0 Å². The average Bonchev–Trinajstić information content (AvgIpc) is 3.34. The van der Waals surface area contributed by atoms with Gasteiger partial charge in [-0.25, -0.2) is 9.48 Å². The van der Waals surface area contributed by atoms with Crippen molar-refractivity contribution in [1.82, 2.24) is 20.0 Å². The zero-order valence-corrected chi connectivity index (χ0v) is 18.4. The molecule has 2 aromatic heterocycles. The van der Waals surface area contributed by atoms with Gasteiger partial charge in [0.25, 0.3) is 5.91 Å². The molecule has 1 amide bonds. The second-order valence-corrected chi connectivity index (χ2v) is 7.79. The Morgan fingerprint density at radius 2 is 1.72 bits per heavy atom. The molecule has 12 heteroatoms. The number of nitrogens with one attached hydrogen (secondary N) is 1. The van der Waals surface area contributed by atoms with Crippen LogP contribution in [0.25, 0.3) is 16.9 Å². The molecule has 2 aromatic carbocycles. The smallest absolute Gasteiger partial charge is 0.393 e. The molecule has 0 aliphatic carbocycles. The van der Waals surface area contributed by atoms with E-state index in [1.54, 1.807) is 49.4 Å². The monoisotopic (exact) mass is 491 g/mol. The molecule has 0 radical (unpaired) electrons. The maximum atomic E-state index is 12.9. The fraction of sp³-hybridized carbons (Fsp3) is 0.0500. The van der Waals surface area contributed by atoms with E-state index in [0.717, 1.165) is 5.56 Å². The molecule has 0 bridgehead atoms. The molecule has 32 heavy (non-hydrogen) atoms. The second kappa shape index (κ2) is 8.62. The summed E-state index contributed by atoms with van der Waals surface area (Å²) in [5.74, 6) is -2.75. The van der Waals surface area contributed by atoms with Crippen molar-refractivity contribution >= 4 is 52.7 Å². The predicted octanol–water partition coefficient (Wildman–Crippen LogP) is 5.14. The topological polar surface area (TPSA) is 123 Å². The van der Waals surface area contributed by atoms with Gasteiger partial charge in [0.1, 0.15) is 0 Å². The third-order valence-corrected chi connectivity index (χ3v) is 5.21. The number of aromatic carboxylic acids is 1.